The van der Waals surface area contributed by atoms with Gasteiger partial charge < -0.3 is 15.3 Å². The molecule has 1 atom stereocenters. The third kappa shape index (κ3) is 3.39. The lowest BCUT2D eigenvalue weighted by atomic mass is 9.76. The van der Waals surface area contributed by atoms with Gasteiger partial charge in [-0.15, -0.1) is 11.3 Å². The van der Waals surface area contributed by atoms with Gasteiger partial charge in [0.15, 0.2) is 0 Å². The van der Waals surface area contributed by atoms with Gasteiger partial charge in [0.25, 0.3) is 5.91 Å². The van der Waals surface area contributed by atoms with Gasteiger partial charge in [0, 0.05) is 30.0 Å². The zero-order valence-corrected chi connectivity index (χ0v) is 15.2. The van der Waals surface area contributed by atoms with Crippen LogP contribution in [-0.4, -0.2) is 34.5 Å². The minimum atomic E-state index is -0.250. The molecule has 1 fully saturated rings. The third-order valence-corrected chi connectivity index (χ3v) is 6.25. The van der Waals surface area contributed by atoms with Crippen LogP contribution in [0.2, 0.25) is 0 Å². The average molecular weight is 370 g/mol. The second-order valence-corrected chi connectivity index (χ2v) is 8.06. The molecule has 2 heterocycles. The minimum absolute atomic E-state index is 0.00493. The SMILES string of the molecule is O=C(CCN1Cc2ccccc2C1=O)N[C@@H](c1cccs1)C1CC(O)C1. The predicted octanol–water partition coefficient (Wildman–Crippen LogP) is 2.72. The number of thiophene rings is 1. The van der Waals surface area contributed by atoms with Crippen molar-refractivity contribution in [2.24, 2.45) is 5.92 Å². The minimum Gasteiger partial charge on any atom is -0.393 e. The van der Waals surface area contributed by atoms with Crippen molar-refractivity contribution in [3.8, 4) is 0 Å². The van der Waals surface area contributed by atoms with Crippen molar-refractivity contribution < 1.29 is 14.7 Å². The number of carbonyl (C=O) groups excluding carboxylic acids is 2. The zero-order valence-electron chi connectivity index (χ0n) is 14.4. The number of aliphatic hydroxyl groups is 1. The Hall–Kier alpha value is -2.18. The number of nitrogens with zero attached hydrogens (tertiary/aromatic N) is 1. The number of fused-ring (bicyclic) bond motifs is 1. The summed E-state index contributed by atoms with van der Waals surface area (Å²) in [7, 11) is 0. The van der Waals surface area contributed by atoms with E-state index in [1.165, 1.54) is 0 Å². The van der Waals surface area contributed by atoms with Crippen LogP contribution in [0.3, 0.4) is 0 Å². The fourth-order valence-electron chi connectivity index (χ4n) is 3.77. The van der Waals surface area contributed by atoms with E-state index in [1.54, 1.807) is 16.2 Å². The highest BCUT2D eigenvalue weighted by Crippen LogP contribution is 2.39. The first-order valence-corrected chi connectivity index (χ1v) is 9.88. The third-order valence-electron chi connectivity index (χ3n) is 5.29. The van der Waals surface area contributed by atoms with E-state index in [2.05, 4.69) is 5.32 Å². The molecule has 26 heavy (non-hydrogen) atoms. The van der Waals surface area contributed by atoms with E-state index in [1.807, 2.05) is 41.8 Å². The monoisotopic (exact) mass is 370 g/mol. The summed E-state index contributed by atoms with van der Waals surface area (Å²) in [6.45, 7) is 0.995. The number of benzene rings is 1. The van der Waals surface area contributed by atoms with E-state index in [4.69, 9.17) is 0 Å². The van der Waals surface area contributed by atoms with Gasteiger partial charge in [-0.1, -0.05) is 24.3 Å². The Labute approximate surface area is 156 Å². The van der Waals surface area contributed by atoms with Crippen LogP contribution in [0.5, 0.6) is 0 Å². The summed E-state index contributed by atoms with van der Waals surface area (Å²) in [6, 6.07) is 11.6. The lowest BCUT2D eigenvalue weighted by Crippen LogP contribution is -2.41. The molecule has 0 radical (unpaired) electrons. The highest BCUT2D eigenvalue weighted by Gasteiger charge is 2.36. The largest absolute Gasteiger partial charge is 0.393 e. The van der Waals surface area contributed by atoms with Gasteiger partial charge in [0.2, 0.25) is 5.91 Å². The molecule has 4 rings (SSSR count). The molecular formula is C20H22N2O3S. The van der Waals surface area contributed by atoms with E-state index >= 15 is 0 Å². The molecule has 0 saturated heterocycles. The molecular weight excluding hydrogens is 348 g/mol. The van der Waals surface area contributed by atoms with Crippen LogP contribution < -0.4 is 5.32 Å². The van der Waals surface area contributed by atoms with Gasteiger partial charge in [-0.05, 0) is 41.8 Å². The summed E-state index contributed by atoms with van der Waals surface area (Å²) in [5.41, 5.74) is 1.77. The highest BCUT2D eigenvalue weighted by molar-refractivity contribution is 7.10. The van der Waals surface area contributed by atoms with Crippen molar-refractivity contribution in [3.63, 3.8) is 0 Å². The number of hydrogen-bond donors (Lipinski definition) is 2. The van der Waals surface area contributed by atoms with Crippen molar-refractivity contribution >= 4 is 23.2 Å². The van der Waals surface area contributed by atoms with E-state index in [9.17, 15) is 14.7 Å². The van der Waals surface area contributed by atoms with Gasteiger partial charge >= 0.3 is 0 Å². The van der Waals surface area contributed by atoms with E-state index in [-0.39, 0.29) is 36.3 Å². The first kappa shape index (κ1) is 17.2. The molecule has 1 aromatic carbocycles. The zero-order chi connectivity index (χ0) is 18.1. The topological polar surface area (TPSA) is 69.6 Å². The Morgan fingerprint density at radius 2 is 2.08 bits per heavy atom. The fourth-order valence-corrected chi connectivity index (χ4v) is 4.64. The molecule has 136 valence electrons. The maximum atomic E-state index is 12.5. The normalized spacial score (nSPS) is 22.7. The molecule has 1 aliphatic heterocycles. The Balaban J connectivity index is 1.34. The summed E-state index contributed by atoms with van der Waals surface area (Å²) in [4.78, 5) is 27.7. The number of hydrogen-bond acceptors (Lipinski definition) is 4. The molecule has 2 amide bonds. The van der Waals surface area contributed by atoms with E-state index in [0.29, 0.717) is 13.1 Å². The first-order valence-electron chi connectivity index (χ1n) is 9.00. The first-order chi connectivity index (χ1) is 12.6. The number of nitrogens with one attached hydrogen (secondary N) is 1. The standard InChI is InChI=1S/C20H22N2O3S/c23-15-10-14(11-15)19(17-6-3-9-26-17)21-18(24)7-8-22-12-13-4-1-2-5-16(13)20(22)25/h1-6,9,14-15,19,23H,7-8,10-12H2,(H,21,24)/t14?,15?,19-/m1/s1. The van der Waals surface area contributed by atoms with Crippen LogP contribution in [0, 0.1) is 5.92 Å². The quantitative estimate of drug-likeness (QED) is 0.821. The Kier molecular flexibility index (Phi) is 4.78. The fraction of sp³-hybridized carbons (Fsp3) is 0.400. The molecule has 2 aliphatic rings. The summed E-state index contributed by atoms with van der Waals surface area (Å²) >= 11 is 1.63. The van der Waals surface area contributed by atoms with Crippen LogP contribution in [0.4, 0.5) is 0 Å². The van der Waals surface area contributed by atoms with Crippen LogP contribution in [-0.2, 0) is 11.3 Å². The van der Waals surface area contributed by atoms with Crippen LogP contribution in [0.1, 0.15) is 46.1 Å². The van der Waals surface area contributed by atoms with E-state index in [0.717, 1.165) is 28.8 Å². The maximum Gasteiger partial charge on any atom is 0.254 e. The van der Waals surface area contributed by atoms with E-state index < -0.39 is 0 Å². The molecule has 0 bridgehead atoms. The summed E-state index contributed by atoms with van der Waals surface area (Å²) in [6.07, 6.45) is 1.49. The van der Waals surface area contributed by atoms with Crippen LogP contribution in [0.25, 0.3) is 0 Å². The lowest BCUT2D eigenvalue weighted by molar-refractivity contribution is -0.123. The smallest absolute Gasteiger partial charge is 0.254 e. The number of aliphatic hydroxyl groups excluding tert-OH is 1. The van der Waals surface area contributed by atoms with Gasteiger partial charge in [0.05, 0.1) is 12.1 Å². The Morgan fingerprint density at radius 1 is 1.27 bits per heavy atom. The van der Waals surface area contributed by atoms with Gasteiger partial charge in [-0.25, -0.2) is 0 Å². The van der Waals surface area contributed by atoms with Crippen molar-refractivity contribution in [3.05, 3.63) is 57.8 Å². The molecule has 0 unspecified atom stereocenters. The number of amides is 2. The molecule has 1 saturated carbocycles. The van der Waals surface area contributed by atoms with Gasteiger partial charge in [0.1, 0.15) is 0 Å². The van der Waals surface area contributed by atoms with Crippen molar-refractivity contribution in [1.82, 2.24) is 10.2 Å². The van der Waals surface area contributed by atoms with Crippen molar-refractivity contribution in [1.29, 1.82) is 0 Å². The molecule has 5 nitrogen and oxygen atoms in total. The summed E-state index contributed by atoms with van der Waals surface area (Å²) in [5.74, 6) is 0.240. The molecule has 2 aromatic rings. The summed E-state index contributed by atoms with van der Waals surface area (Å²) in [5, 5.41) is 14.7. The second-order valence-electron chi connectivity index (χ2n) is 7.08. The van der Waals surface area contributed by atoms with Crippen LogP contribution in [0.15, 0.2) is 41.8 Å². The van der Waals surface area contributed by atoms with Gasteiger partial charge in [-0.2, -0.15) is 0 Å². The maximum absolute atomic E-state index is 12.5. The average Bonchev–Trinajstić information content (AvgIpc) is 3.24. The predicted molar refractivity (Wildman–Crippen MR) is 99.7 cm³/mol. The highest BCUT2D eigenvalue weighted by atomic mass is 32.1. The molecule has 1 aliphatic carbocycles. The Morgan fingerprint density at radius 3 is 2.77 bits per heavy atom. The van der Waals surface area contributed by atoms with Crippen molar-refractivity contribution in [2.75, 3.05) is 6.54 Å². The van der Waals surface area contributed by atoms with Crippen LogP contribution >= 0.6 is 11.3 Å². The summed E-state index contributed by atoms with van der Waals surface area (Å²) < 4.78 is 0. The molecule has 0 spiro atoms. The molecule has 1 aromatic heterocycles. The number of rotatable bonds is 6. The molecule has 2 N–H and O–H groups in total. The Bertz CT molecular complexity index is 799. The molecule has 6 heteroatoms. The second kappa shape index (κ2) is 7.21. The lowest BCUT2D eigenvalue weighted by Gasteiger charge is -2.37. The van der Waals surface area contributed by atoms with Crippen molar-refractivity contribution in [2.45, 2.75) is 38.0 Å². The number of carbonyl (C=O) groups is 2. The van der Waals surface area contributed by atoms with Gasteiger partial charge in [-0.3, -0.25) is 9.59 Å².